The lowest BCUT2D eigenvalue weighted by Crippen LogP contribution is -2.39. The maximum Gasteiger partial charge on any atom is 0.0219 e. The molecule has 0 amide bonds. The van der Waals surface area contributed by atoms with Gasteiger partial charge in [-0.2, -0.15) is 0 Å². The molecule has 2 atom stereocenters. The van der Waals surface area contributed by atoms with Crippen molar-refractivity contribution in [3.05, 3.63) is 57.8 Å². The summed E-state index contributed by atoms with van der Waals surface area (Å²) in [7, 11) is 0. The zero-order valence-electron chi connectivity index (χ0n) is 10.0. The minimum absolute atomic E-state index is 0.573. The predicted molar refractivity (Wildman–Crippen MR) is 73.5 cm³/mol. The van der Waals surface area contributed by atoms with Crippen LogP contribution >= 0.6 is 11.3 Å². The monoisotopic (exact) mass is 243 g/mol. The molecule has 0 bridgehead atoms. The highest BCUT2D eigenvalue weighted by atomic mass is 32.1. The first-order chi connectivity index (χ1) is 8.34. The van der Waals surface area contributed by atoms with E-state index in [-0.39, 0.29) is 0 Å². The van der Waals surface area contributed by atoms with Crippen LogP contribution in [0.2, 0.25) is 0 Å². The molecule has 0 spiro atoms. The molecule has 3 rings (SSSR count). The van der Waals surface area contributed by atoms with Crippen molar-refractivity contribution in [1.82, 2.24) is 5.32 Å². The molecule has 1 nitrogen and oxygen atoms in total. The molecular formula is C15H17NS. The summed E-state index contributed by atoms with van der Waals surface area (Å²) >= 11 is 1.91. The summed E-state index contributed by atoms with van der Waals surface area (Å²) in [5.41, 5.74) is 2.92. The van der Waals surface area contributed by atoms with E-state index >= 15 is 0 Å². The minimum Gasteiger partial charge on any atom is -0.309 e. The highest BCUT2D eigenvalue weighted by Crippen LogP contribution is 2.33. The molecule has 88 valence electrons. The minimum atomic E-state index is 0.573. The summed E-state index contributed by atoms with van der Waals surface area (Å²) in [6.07, 6.45) is 1.12. The van der Waals surface area contributed by atoms with E-state index in [0.29, 0.717) is 12.0 Å². The van der Waals surface area contributed by atoms with Crippen molar-refractivity contribution in [3.63, 3.8) is 0 Å². The van der Waals surface area contributed by atoms with Gasteiger partial charge in [0.1, 0.15) is 0 Å². The highest BCUT2D eigenvalue weighted by Gasteiger charge is 2.26. The van der Waals surface area contributed by atoms with Crippen LogP contribution in [0, 0.1) is 0 Å². The quantitative estimate of drug-likeness (QED) is 0.850. The Balaban J connectivity index is 1.78. The molecule has 0 saturated carbocycles. The van der Waals surface area contributed by atoms with Gasteiger partial charge in [0.2, 0.25) is 0 Å². The van der Waals surface area contributed by atoms with Crippen LogP contribution in [0.3, 0.4) is 0 Å². The van der Waals surface area contributed by atoms with Crippen LogP contribution < -0.4 is 5.32 Å². The first-order valence-corrected chi connectivity index (χ1v) is 7.06. The van der Waals surface area contributed by atoms with Crippen LogP contribution in [-0.4, -0.2) is 6.04 Å². The van der Waals surface area contributed by atoms with Gasteiger partial charge >= 0.3 is 0 Å². The number of hydrogen-bond acceptors (Lipinski definition) is 2. The molecule has 1 aromatic heterocycles. The Labute approximate surface area is 106 Å². The fraction of sp³-hybridized carbons (Fsp3) is 0.333. The van der Waals surface area contributed by atoms with Gasteiger partial charge in [0.05, 0.1) is 0 Å². The van der Waals surface area contributed by atoms with Gasteiger partial charge in [-0.15, -0.1) is 11.3 Å². The molecule has 0 radical (unpaired) electrons. The zero-order chi connectivity index (χ0) is 11.7. The number of fused-ring (bicyclic) bond motifs is 1. The van der Waals surface area contributed by atoms with Gasteiger partial charge in [-0.05, 0) is 29.0 Å². The molecule has 1 aliphatic heterocycles. The summed E-state index contributed by atoms with van der Waals surface area (Å²) in [6, 6.07) is 13.6. The zero-order valence-corrected chi connectivity index (χ0v) is 10.8. The van der Waals surface area contributed by atoms with Crippen LogP contribution in [0.15, 0.2) is 41.8 Å². The van der Waals surface area contributed by atoms with Gasteiger partial charge < -0.3 is 5.32 Å². The summed E-state index contributed by atoms with van der Waals surface area (Å²) < 4.78 is 0. The lowest BCUT2D eigenvalue weighted by Gasteiger charge is -2.30. The molecule has 2 unspecified atom stereocenters. The second-order valence-electron chi connectivity index (χ2n) is 4.78. The van der Waals surface area contributed by atoms with E-state index < -0.39 is 0 Å². The fourth-order valence-electron chi connectivity index (χ4n) is 2.61. The maximum atomic E-state index is 3.67. The number of rotatable bonds is 2. The summed E-state index contributed by atoms with van der Waals surface area (Å²) in [4.78, 5) is 1.57. The number of thiophene rings is 1. The molecule has 2 heteroatoms. The molecule has 0 fully saturated rings. The third-order valence-corrected chi connectivity index (χ3v) is 4.81. The predicted octanol–water partition coefficient (Wildman–Crippen LogP) is 3.57. The van der Waals surface area contributed by atoms with Crippen molar-refractivity contribution in [1.29, 1.82) is 0 Å². The van der Waals surface area contributed by atoms with Crippen molar-refractivity contribution < 1.29 is 0 Å². The molecular weight excluding hydrogens is 226 g/mol. The van der Waals surface area contributed by atoms with Crippen molar-refractivity contribution >= 4 is 11.3 Å². The molecule has 0 aliphatic carbocycles. The molecule has 1 N–H and O–H groups in total. The Morgan fingerprint density at radius 3 is 2.88 bits per heavy atom. The van der Waals surface area contributed by atoms with Crippen molar-refractivity contribution in [2.24, 2.45) is 0 Å². The number of benzene rings is 1. The van der Waals surface area contributed by atoms with Crippen molar-refractivity contribution in [2.75, 3.05) is 0 Å². The summed E-state index contributed by atoms with van der Waals surface area (Å²) in [5, 5.41) is 5.88. The first kappa shape index (κ1) is 11.0. The average Bonchev–Trinajstić information content (AvgIpc) is 2.83. The van der Waals surface area contributed by atoms with E-state index in [4.69, 9.17) is 0 Å². The normalized spacial score (nSPS) is 23.4. The van der Waals surface area contributed by atoms with Crippen LogP contribution in [0.25, 0.3) is 0 Å². The van der Waals surface area contributed by atoms with E-state index in [1.54, 1.807) is 4.88 Å². The first-order valence-electron chi connectivity index (χ1n) is 6.18. The van der Waals surface area contributed by atoms with Gasteiger partial charge in [0.15, 0.2) is 0 Å². The van der Waals surface area contributed by atoms with Gasteiger partial charge in [0.25, 0.3) is 0 Å². The van der Waals surface area contributed by atoms with Crippen molar-refractivity contribution in [3.8, 4) is 0 Å². The van der Waals surface area contributed by atoms with E-state index in [1.807, 2.05) is 11.3 Å². The SMILES string of the molecule is CC1c2sccc2CNC1Cc1ccccc1. The molecule has 1 aromatic carbocycles. The molecule has 0 saturated heterocycles. The van der Waals surface area contributed by atoms with Crippen LogP contribution in [0.4, 0.5) is 0 Å². The third-order valence-electron chi connectivity index (χ3n) is 3.65. The Kier molecular flexibility index (Phi) is 3.00. The van der Waals surface area contributed by atoms with E-state index in [0.717, 1.165) is 13.0 Å². The Morgan fingerprint density at radius 2 is 2.06 bits per heavy atom. The van der Waals surface area contributed by atoms with Crippen LogP contribution in [0.1, 0.15) is 28.8 Å². The average molecular weight is 243 g/mol. The van der Waals surface area contributed by atoms with Gasteiger partial charge in [-0.3, -0.25) is 0 Å². The molecule has 1 aliphatic rings. The second-order valence-corrected chi connectivity index (χ2v) is 5.72. The fourth-order valence-corrected chi connectivity index (χ4v) is 3.66. The van der Waals surface area contributed by atoms with E-state index in [2.05, 4.69) is 54.0 Å². The molecule has 2 heterocycles. The van der Waals surface area contributed by atoms with Gasteiger partial charge in [-0.1, -0.05) is 37.3 Å². The standard InChI is InChI=1S/C15H17NS/c1-11-14(9-12-5-3-2-4-6-12)16-10-13-7-8-17-15(11)13/h2-8,11,14,16H,9-10H2,1H3. The Morgan fingerprint density at radius 1 is 1.24 bits per heavy atom. The van der Waals surface area contributed by atoms with E-state index in [1.165, 1.54) is 11.1 Å². The maximum absolute atomic E-state index is 3.67. The van der Waals surface area contributed by atoms with Gasteiger partial charge in [-0.25, -0.2) is 0 Å². The number of hydrogen-bond donors (Lipinski definition) is 1. The lowest BCUT2D eigenvalue weighted by molar-refractivity contribution is 0.423. The summed E-state index contributed by atoms with van der Waals surface area (Å²) in [6.45, 7) is 3.37. The topological polar surface area (TPSA) is 12.0 Å². The smallest absolute Gasteiger partial charge is 0.0219 e. The summed E-state index contributed by atoms with van der Waals surface area (Å²) in [5.74, 6) is 0.624. The van der Waals surface area contributed by atoms with E-state index in [9.17, 15) is 0 Å². The highest BCUT2D eigenvalue weighted by molar-refractivity contribution is 7.10. The Bertz CT molecular complexity index is 489. The van der Waals surface area contributed by atoms with Crippen molar-refractivity contribution in [2.45, 2.75) is 31.8 Å². The number of nitrogens with one attached hydrogen (secondary N) is 1. The van der Waals surface area contributed by atoms with Crippen LogP contribution in [0.5, 0.6) is 0 Å². The van der Waals surface area contributed by atoms with Crippen LogP contribution in [-0.2, 0) is 13.0 Å². The molecule has 2 aromatic rings. The Hall–Kier alpha value is -1.12. The largest absolute Gasteiger partial charge is 0.309 e. The lowest BCUT2D eigenvalue weighted by atomic mass is 9.89. The third kappa shape index (κ3) is 2.15. The second kappa shape index (κ2) is 4.63. The van der Waals surface area contributed by atoms with Gasteiger partial charge in [0, 0.05) is 23.4 Å². The molecule has 17 heavy (non-hydrogen) atoms.